The Morgan fingerprint density at radius 3 is 1.71 bits per heavy atom. The maximum atomic E-state index is 5.09. The highest BCUT2D eigenvalue weighted by Crippen LogP contribution is 2.31. The molecule has 134 valence electrons. The fraction of sp³-hybridized carbons (Fsp3) is 0.0741. The van der Waals surface area contributed by atoms with E-state index in [-0.39, 0.29) is 0 Å². The van der Waals surface area contributed by atoms with E-state index < -0.39 is 0 Å². The van der Waals surface area contributed by atoms with Gasteiger partial charge in [0, 0.05) is 11.1 Å². The van der Waals surface area contributed by atoms with Gasteiger partial charge in [-0.05, 0) is 64.7 Å². The molecule has 0 aliphatic heterocycles. The smallest absolute Gasteiger partial charge is 0.0741 e. The molecule has 1 heteroatoms. The molecular weight excluding hydrogens is 338 g/mol. The van der Waals surface area contributed by atoms with E-state index in [2.05, 4.69) is 105 Å². The lowest BCUT2D eigenvalue weighted by Crippen LogP contribution is -1.95. The van der Waals surface area contributed by atoms with Crippen molar-refractivity contribution in [1.82, 2.24) is 4.98 Å². The molecule has 0 bridgehead atoms. The summed E-state index contributed by atoms with van der Waals surface area (Å²) in [6.07, 6.45) is 0. The molecule has 0 unspecified atom stereocenters. The van der Waals surface area contributed by atoms with Crippen LogP contribution in [-0.2, 0) is 0 Å². The first-order chi connectivity index (χ1) is 13.7. The molecule has 0 fully saturated rings. The van der Waals surface area contributed by atoms with Gasteiger partial charge < -0.3 is 0 Å². The minimum atomic E-state index is 1.03. The van der Waals surface area contributed by atoms with Crippen LogP contribution in [0.25, 0.3) is 44.1 Å². The fourth-order valence-corrected chi connectivity index (χ4v) is 3.85. The zero-order chi connectivity index (χ0) is 19.1. The molecule has 0 aliphatic carbocycles. The van der Waals surface area contributed by atoms with Crippen LogP contribution in [0.15, 0.2) is 91.0 Å². The summed E-state index contributed by atoms with van der Waals surface area (Å²) in [5.74, 6) is 0. The van der Waals surface area contributed by atoms with E-state index in [1.807, 2.05) is 0 Å². The monoisotopic (exact) mass is 359 g/mol. The summed E-state index contributed by atoms with van der Waals surface area (Å²) < 4.78 is 0. The second-order valence-electron chi connectivity index (χ2n) is 7.42. The van der Waals surface area contributed by atoms with Gasteiger partial charge in [0.25, 0.3) is 0 Å². The Hall–Kier alpha value is -3.45. The molecule has 5 rings (SSSR count). The van der Waals surface area contributed by atoms with Crippen LogP contribution in [0.4, 0.5) is 0 Å². The SMILES string of the molecule is Cc1cc(-c2ccc3ccccc3c2)nc(-c2ccc3ccccc3c2)c1C. The minimum absolute atomic E-state index is 1.03. The number of rotatable bonds is 2. The average molecular weight is 359 g/mol. The molecule has 0 saturated heterocycles. The molecule has 1 aromatic heterocycles. The standard InChI is InChI=1S/C27H21N/c1-18-15-26(24-13-11-20-7-3-5-9-22(20)16-24)28-27(19(18)2)25-14-12-21-8-4-6-10-23(21)17-25/h3-17H,1-2H3. The van der Waals surface area contributed by atoms with Crippen LogP contribution in [0.3, 0.4) is 0 Å². The summed E-state index contributed by atoms with van der Waals surface area (Å²) in [4.78, 5) is 5.09. The molecular formula is C27H21N. The van der Waals surface area contributed by atoms with Crippen LogP contribution in [0, 0.1) is 13.8 Å². The lowest BCUT2D eigenvalue weighted by atomic mass is 9.97. The normalized spacial score (nSPS) is 11.2. The zero-order valence-electron chi connectivity index (χ0n) is 16.1. The van der Waals surface area contributed by atoms with E-state index in [0.717, 1.165) is 17.0 Å². The highest BCUT2D eigenvalue weighted by atomic mass is 14.7. The summed E-state index contributed by atoms with van der Waals surface area (Å²) in [6.45, 7) is 4.34. The summed E-state index contributed by atoms with van der Waals surface area (Å²) in [5, 5.41) is 5.00. The van der Waals surface area contributed by atoms with Crippen LogP contribution >= 0.6 is 0 Å². The number of pyridine rings is 1. The predicted molar refractivity (Wildman–Crippen MR) is 120 cm³/mol. The second-order valence-corrected chi connectivity index (χ2v) is 7.42. The number of aromatic nitrogens is 1. The van der Waals surface area contributed by atoms with Crippen molar-refractivity contribution < 1.29 is 0 Å². The predicted octanol–water partition coefficient (Wildman–Crippen LogP) is 7.34. The second kappa shape index (κ2) is 6.61. The third-order valence-corrected chi connectivity index (χ3v) is 5.60. The van der Waals surface area contributed by atoms with Gasteiger partial charge in [-0.2, -0.15) is 0 Å². The Bertz CT molecular complexity index is 1330. The molecule has 0 atom stereocenters. The Morgan fingerprint density at radius 2 is 1.07 bits per heavy atom. The van der Waals surface area contributed by atoms with Gasteiger partial charge in [-0.15, -0.1) is 0 Å². The number of nitrogens with zero attached hydrogens (tertiary/aromatic N) is 1. The number of benzene rings is 4. The number of aryl methyl sites for hydroxylation is 1. The van der Waals surface area contributed by atoms with Gasteiger partial charge in [-0.3, -0.25) is 0 Å². The van der Waals surface area contributed by atoms with Gasteiger partial charge in [-0.1, -0.05) is 72.8 Å². The van der Waals surface area contributed by atoms with E-state index in [0.29, 0.717) is 0 Å². The molecule has 1 heterocycles. The highest BCUT2D eigenvalue weighted by molar-refractivity contribution is 5.89. The van der Waals surface area contributed by atoms with E-state index >= 15 is 0 Å². The van der Waals surface area contributed by atoms with Crippen LogP contribution < -0.4 is 0 Å². The Labute approximate surface area is 165 Å². The van der Waals surface area contributed by atoms with Crippen molar-refractivity contribution in [3.8, 4) is 22.5 Å². The van der Waals surface area contributed by atoms with Crippen molar-refractivity contribution in [2.75, 3.05) is 0 Å². The minimum Gasteiger partial charge on any atom is -0.247 e. The van der Waals surface area contributed by atoms with E-state index in [4.69, 9.17) is 4.98 Å². The third-order valence-electron chi connectivity index (χ3n) is 5.60. The maximum absolute atomic E-state index is 5.09. The number of hydrogen-bond donors (Lipinski definition) is 0. The summed E-state index contributed by atoms with van der Waals surface area (Å²) in [7, 11) is 0. The molecule has 0 radical (unpaired) electrons. The number of hydrogen-bond acceptors (Lipinski definition) is 1. The van der Waals surface area contributed by atoms with E-state index in [9.17, 15) is 0 Å². The highest BCUT2D eigenvalue weighted by Gasteiger charge is 2.11. The first kappa shape index (κ1) is 16.7. The van der Waals surface area contributed by atoms with Gasteiger partial charge in [0.05, 0.1) is 11.4 Å². The van der Waals surface area contributed by atoms with Crippen molar-refractivity contribution >= 4 is 21.5 Å². The van der Waals surface area contributed by atoms with Crippen molar-refractivity contribution in [3.63, 3.8) is 0 Å². The summed E-state index contributed by atoms with van der Waals surface area (Å²) in [6, 6.07) is 32.3. The van der Waals surface area contributed by atoms with Gasteiger partial charge in [-0.25, -0.2) is 4.98 Å². The van der Waals surface area contributed by atoms with Crippen molar-refractivity contribution in [2.45, 2.75) is 13.8 Å². The van der Waals surface area contributed by atoms with E-state index in [1.165, 1.54) is 38.2 Å². The quantitative estimate of drug-likeness (QED) is 0.321. The van der Waals surface area contributed by atoms with Crippen LogP contribution in [0.1, 0.15) is 11.1 Å². The lowest BCUT2D eigenvalue weighted by molar-refractivity contribution is 1.22. The van der Waals surface area contributed by atoms with Gasteiger partial charge >= 0.3 is 0 Å². The topological polar surface area (TPSA) is 12.9 Å². The van der Waals surface area contributed by atoms with Crippen molar-refractivity contribution in [3.05, 3.63) is 102 Å². The summed E-state index contributed by atoms with van der Waals surface area (Å²) >= 11 is 0. The third kappa shape index (κ3) is 2.86. The Morgan fingerprint density at radius 1 is 0.536 bits per heavy atom. The molecule has 0 aliphatic rings. The van der Waals surface area contributed by atoms with Crippen molar-refractivity contribution in [1.29, 1.82) is 0 Å². The van der Waals surface area contributed by atoms with Crippen LogP contribution in [-0.4, -0.2) is 4.98 Å². The molecule has 4 aromatic carbocycles. The summed E-state index contributed by atoms with van der Waals surface area (Å²) in [5.41, 5.74) is 6.91. The maximum Gasteiger partial charge on any atom is 0.0741 e. The zero-order valence-corrected chi connectivity index (χ0v) is 16.1. The molecule has 5 aromatic rings. The lowest BCUT2D eigenvalue weighted by Gasteiger charge is -2.13. The largest absolute Gasteiger partial charge is 0.247 e. The molecule has 0 saturated carbocycles. The van der Waals surface area contributed by atoms with Crippen molar-refractivity contribution in [2.24, 2.45) is 0 Å². The first-order valence-corrected chi connectivity index (χ1v) is 9.66. The van der Waals surface area contributed by atoms with Gasteiger partial charge in [0.1, 0.15) is 0 Å². The molecule has 1 nitrogen and oxygen atoms in total. The van der Waals surface area contributed by atoms with Crippen LogP contribution in [0.5, 0.6) is 0 Å². The average Bonchev–Trinajstić information content (AvgIpc) is 2.75. The Kier molecular flexibility index (Phi) is 3.95. The molecule has 0 amide bonds. The Balaban J connectivity index is 1.69. The van der Waals surface area contributed by atoms with E-state index in [1.54, 1.807) is 0 Å². The van der Waals surface area contributed by atoms with Crippen LogP contribution in [0.2, 0.25) is 0 Å². The van der Waals surface area contributed by atoms with Gasteiger partial charge in [0.2, 0.25) is 0 Å². The molecule has 28 heavy (non-hydrogen) atoms. The van der Waals surface area contributed by atoms with Gasteiger partial charge in [0.15, 0.2) is 0 Å². The molecule has 0 N–H and O–H groups in total. The number of fused-ring (bicyclic) bond motifs is 2. The fourth-order valence-electron chi connectivity index (χ4n) is 3.85. The first-order valence-electron chi connectivity index (χ1n) is 9.66. The molecule has 0 spiro atoms.